The van der Waals surface area contributed by atoms with Crippen LogP contribution in [-0.4, -0.2) is 11.3 Å². The summed E-state index contributed by atoms with van der Waals surface area (Å²) in [5, 5.41) is 0.461. The highest BCUT2D eigenvalue weighted by molar-refractivity contribution is 6.34. The molecule has 0 fully saturated rings. The van der Waals surface area contributed by atoms with Gasteiger partial charge < -0.3 is 0 Å². The Bertz CT molecular complexity index is 368. The molecule has 0 atom stereocenters. The number of nitrogens with one attached hydrogen (secondary N) is 1. The third-order valence-electron chi connectivity index (χ3n) is 2.38. The molecular weight excluding hydrogens is 212 g/mol. The number of nitrogens with two attached hydrogens (primary N) is 1. The highest BCUT2D eigenvalue weighted by Crippen LogP contribution is 2.23. The number of aryl methyl sites for hydroxylation is 1. The van der Waals surface area contributed by atoms with E-state index < -0.39 is 5.54 Å². The Balaban J connectivity index is 3.23. The molecule has 0 saturated carbocycles. The maximum Gasteiger partial charge on any atom is 0.185 e. The lowest BCUT2D eigenvalue weighted by Gasteiger charge is -2.23. The molecule has 4 heteroatoms. The van der Waals surface area contributed by atoms with E-state index >= 15 is 0 Å². The van der Waals surface area contributed by atoms with Gasteiger partial charge in [-0.1, -0.05) is 23.7 Å². The molecule has 0 aliphatic rings. The van der Waals surface area contributed by atoms with Gasteiger partial charge in [-0.15, -0.1) is 0 Å². The Morgan fingerprint density at radius 3 is 2.53 bits per heavy atom. The van der Waals surface area contributed by atoms with Crippen molar-refractivity contribution < 1.29 is 4.79 Å². The summed E-state index contributed by atoms with van der Waals surface area (Å²) in [7, 11) is 0. The Morgan fingerprint density at radius 1 is 1.47 bits per heavy atom. The number of carbonyl (C=O) groups is 1. The Kier molecular flexibility index (Phi) is 3.50. The zero-order chi connectivity index (χ0) is 11.6. The molecule has 82 valence electrons. The van der Waals surface area contributed by atoms with Crippen molar-refractivity contribution in [1.82, 2.24) is 5.43 Å². The minimum atomic E-state index is -0.810. The van der Waals surface area contributed by atoms with E-state index in [9.17, 15) is 4.79 Å². The van der Waals surface area contributed by atoms with Gasteiger partial charge >= 0.3 is 0 Å². The molecule has 0 spiro atoms. The van der Waals surface area contributed by atoms with Gasteiger partial charge in [-0.05, 0) is 32.4 Å². The van der Waals surface area contributed by atoms with Crippen LogP contribution in [0.25, 0.3) is 0 Å². The van der Waals surface area contributed by atoms with Crippen LogP contribution in [0.2, 0.25) is 5.02 Å². The second-order valence-electron chi connectivity index (χ2n) is 4.03. The smallest absolute Gasteiger partial charge is 0.185 e. The van der Waals surface area contributed by atoms with E-state index in [2.05, 4.69) is 5.43 Å². The van der Waals surface area contributed by atoms with E-state index in [1.165, 1.54) is 0 Å². The van der Waals surface area contributed by atoms with Gasteiger partial charge in [0.25, 0.3) is 0 Å². The van der Waals surface area contributed by atoms with E-state index in [-0.39, 0.29) is 5.78 Å². The first kappa shape index (κ1) is 12.2. The lowest BCUT2D eigenvalue weighted by Crippen LogP contribution is -2.50. The fourth-order valence-corrected chi connectivity index (χ4v) is 1.61. The monoisotopic (exact) mass is 226 g/mol. The largest absolute Gasteiger partial charge is 0.292 e. The molecular formula is C11H15ClN2O. The fourth-order valence-electron chi connectivity index (χ4n) is 1.30. The first-order chi connectivity index (χ1) is 6.90. The number of rotatable bonds is 3. The average Bonchev–Trinajstić information content (AvgIpc) is 2.17. The summed E-state index contributed by atoms with van der Waals surface area (Å²) < 4.78 is 0. The molecule has 0 aliphatic heterocycles. The maximum absolute atomic E-state index is 12.1. The van der Waals surface area contributed by atoms with Gasteiger partial charge in [0.05, 0.1) is 10.6 Å². The van der Waals surface area contributed by atoms with E-state index in [1.54, 1.807) is 19.9 Å². The van der Waals surface area contributed by atoms with E-state index in [0.717, 1.165) is 5.56 Å². The van der Waals surface area contributed by atoms with Crippen LogP contribution in [0.3, 0.4) is 0 Å². The number of hydrogen-bond donors (Lipinski definition) is 2. The van der Waals surface area contributed by atoms with Gasteiger partial charge in [0.1, 0.15) is 0 Å². The fraction of sp³-hybridized carbons (Fsp3) is 0.364. The minimum absolute atomic E-state index is 0.104. The molecule has 0 bridgehead atoms. The number of hydrogen-bond acceptors (Lipinski definition) is 3. The molecule has 0 unspecified atom stereocenters. The van der Waals surface area contributed by atoms with Crippen LogP contribution >= 0.6 is 11.6 Å². The van der Waals surface area contributed by atoms with Crippen LogP contribution in [0.5, 0.6) is 0 Å². The number of halogens is 1. The van der Waals surface area contributed by atoms with Crippen LogP contribution in [0.1, 0.15) is 29.8 Å². The predicted molar refractivity (Wildman–Crippen MR) is 61.9 cm³/mol. The van der Waals surface area contributed by atoms with E-state index in [0.29, 0.717) is 10.6 Å². The molecule has 0 radical (unpaired) electrons. The zero-order valence-electron chi connectivity index (χ0n) is 9.10. The molecule has 1 aromatic carbocycles. The summed E-state index contributed by atoms with van der Waals surface area (Å²) in [5.74, 6) is 5.23. The second-order valence-corrected chi connectivity index (χ2v) is 4.44. The summed E-state index contributed by atoms with van der Waals surface area (Å²) in [6.45, 7) is 5.29. The van der Waals surface area contributed by atoms with Crippen molar-refractivity contribution in [3.05, 3.63) is 34.3 Å². The third kappa shape index (κ3) is 2.37. The van der Waals surface area contributed by atoms with Crippen molar-refractivity contribution in [2.45, 2.75) is 26.3 Å². The maximum atomic E-state index is 12.1. The van der Waals surface area contributed by atoms with Gasteiger partial charge in [0.2, 0.25) is 0 Å². The number of hydrazine groups is 1. The van der Waals surface area contributed by atoms with Crippen molar-refractivity contribution in [2.24, 2.45) is 5.84 Å². The Morgan fingerprint density at radius 2 is 2.07 bits per heavy atom. The van der Waals surface area contributed by atoms with Crippen LogP contribution in [-0.2, 0) is 0 Å². The number of benzene rings is 1. The van der Waals surface area contributed by atoms with Crippen LogP contribution in [0, 0.1) is 6.92 Å². The van der Waals surface area contributed by atoms with Gasteiger partial charge in [0.15, 0.2) is 5.78 Å². The molecule has 3 nitrogen and oxygen atoms in total. The highest BCUT2D eigenvalue weighted by atomic mass is 35.5. The van der Waals surface area contributed by atoms with Gasteiger partial charge in [0, 0.05) is 5.56 Å². The summed E-state index contributed by atoms with van der Waals surface area (Å²) in [6.07, 6.45) is 0. The Labute approximate surface area is 94.6 Å². The summed E-state index contributed by atoms with van der Waals surface area (Å²) in [4.78, 5) is 12.1. The normalized spacial score (nSPS) is 11.5. The summed E-state index contributed by atoms with van der Waals surface area (Å²) in [6, 6.07) is 5.37. The van der Waals surface area contributed by atoms with Crippen molar-refractivity contribution in [1.29, 1.82) is 0 Å². The average molecular weight is 227 g/mol. The van der Waals surface area contributed by atoms with Crippen LogP contribution in [0.15, 0.2) is 18.2 Å². The van der Waals surface area contributed by atoms with E-state index in [4.69, 9.17) is 17.4 Å². The first-order valence-electron chi connectivity index (χ1n) is 4.68. The van der Waals surface area contributed by atoms with Crippen molar-refractivity contribution >= 4 is 17.4 Å². The molecule has 0 aliphatic carbocycles. The molecule has 1 aromatic rings. The van der Waals surface area contributed by atoms with Crippen molar-refractivity contribution in [2.75, 3.05) is 0 Å². The summed E-state index contributed by atoms with van der Waals surface area (Å²) in [5.41, 5.74) is 3.06. The number of Topliss-reactive ketones (excluding diaryl/α,β-unsaturated/α-hetero) is 1. The molecule has 3 N–H and O–H groups in total. The van der Waals surface area contributed by atoms with Crippen molar-refractivity contribution in [3.8, 4) is 0 Å². The molecule has 1 rings (SSSR count). The molecule has 0 saturated heterocycles. The topological polar surface area (TPSA) is 55.1 Å². The predicted octanol–water partition coefficient (Wildman–Crippen LogP) is 2.07. The third-order valence-corrected chi connectivity index (χ3v) is 2.69. The lowest BCUT2D eigenvalue weighted by molar-refractivity contribution is 0.0882. The zero-order valence-corrected chi connectivity index (χ0v) is 9.85. The standard InChI is InChI=1S/C11H15ClN2O/c1-7-5-4-6-8(12)9(7)10(15)11(2,3)14-13/h4-6,14H,13H2,1-3H3. The molecule has 15 heavy (non-hydrogen) atoms. The van der Waals surface area contributed by atoms with Crippen LogP contribution in [0.4, 0.5) is 0 Å². The van der Waals surface area contributed by atoms with E-state index in [1.807, 2.05) is 19.1 Å². The first-order valence-corrected chi connectivity index (χ1v) is 5.05. The van der Waals surface area contributed by atoms with Gasteiger partial charge in [-0.2, -0.15) is 0 Å². The highest BCUT2D eigenvalue weighted by Gasteiger charge is 2.29. The SMILES string of the molecule is Cc1cccc(Cl)c1C(=O)C(C)(C)NN. The Hall–Kier alpha value is -0.900. The van der Waals surface area contributed by atoms with Gasteiger partial charge in [-0.25, -0.2) is 5.43 Å². The van der Waals surface area contributed by atoms with Crippen LogP contribution < -0.4 is 11.3 Å². The van der Waals surface area contributed by atoms with Crippen molar-refractivity contribution in [3.63, 3.8) is 0 Å². The second kappa shape index (κ2) is 4.31. The summed E-state index contributed by atoms with van der Waals surface area (Å²) >= 11 is 6.00. The van der Waals surface area contributed by atoms with Gasteiger partial charge in [-0.3, -0.25) is 10.6 Å². The quantitative estimate of drug-likeness (QED) is 0.471. The molecule has 0 aromatic heterocycles. The number of ketones is 1. The lowest BCUT2D eigenvalue weighted by atomic mass is 9.91. The number of carbonyl (C=O) groups excluding carboxylic acids is 1. The minimum Gasteiger partial charge on any atom is -0.292 e. The molecule has 0 amide bonds. The molecule has 0 heterocycles.